The largest absolute Gasteiger partial charge is 0.463 e. The summed E-state index contributed by atoms with van der Waals surface area (Å²) < 4.78 is 31.9. The Morgan fingerprint density at radius 2 is 2.08 bits per heavy atom. The summed E-state index contributed by atoms with van der Waals surface area (Å²) in [4.78, 5) is 2.24. The van der Waals surface area contributed by atoms with E-state index in [4.69, 9.17) is 4.42 Å². The second-order valence-corrected chi connectivity index (χ2v) is 8.65. The zero-order valence-corrected chi connectivity index (χ0v) is 15.5. The van der Waals surface area contributed by atoms with Gasteiger partial charge in [0.15, 0.2) is 0 Å². The minimum atomic E-state index is -3.22. The van der Waals surface area contributed by atoms with Crippen LogP contribution < -0.4 is 0 Å². The van der Waals surface area contributed by atoms with Gasteiger partial charge in [0, 0.05) is 20.1 Å². The van der Waals surface area contributed by atoms with Gasteiger partial charge in [-0.05, 0) is 25.1 Å². The number of sulfonamides is 1. The van der Waals surface area contributed by atoms with Crippen molar-refractivity contribution in [2.24, 2.45) is 0 Å². The number of aromatic nitrogens is 2. The molecule has 3 rings (SSSR count). The maximum atomic E-state index is 11.5. The molecule has 0 radical (unpaired) electrons. The number of furan rings is 1. The van der Waals surface area contributed by atoms with Gasteiger partial charge in [-0.15, -0.1) is 0 Å². The van der Waals surface area contributed by atoms with Crippen LogP contribution in [-0.4, -0.2) is 52.4 Å². The summed E-state index contributed by atoms with van der Waals surface area (Å²) in [5, 5.41) is 14.1. The molecule has 9 heteroatoms. The Hall–Kier alpha value is -1.68. The van der Waals surface area contributed by atoms with E-state index >= 15 is 0 Å². The van der Waals surface area contributed by atoms with Crippen LogP contribution in [0.2, 0.25) is 0 Å². The van der Waals surface area contributed by atoms with Crippen molar-refractivity contribution >= 4 is 10.0 Å². The lowest BCUT2D eigenvalue weighted by atomic mass is 10.2. The zero-order chi connectivity index (χ0) is 18.2. The van der Waals surface area contributed by atoms with E-state index in [1.54, 1.807) is 6.92 Å². The molecule has 1 aliphatic rings. The molecule has 138 valence electrons. The van der Waals surface area contributed by atoms with Gasteiger partial charge in [-0.2, -0.15) is 9.40 Å². The van der Waals surface area contributed by atoms with E-state index in [-0.39, 0.29) is 6.54 Å². The molecule has 0 saturated heterocycles. The van der Waals surface area contributed by atoms with Crippen LogP contribution in [0.5, 0.6) is 0 Å². The third-order valence-corrected chi connectivity index (χ3v) is 5.63. The Kier molecular flexibility index (Phi) is 5.01. The smallest absolute Gasteiger partial charge is 0.211 e. The Bertz CT molecular complexity index is 840. The van der Waals surface area contributed by atoms with Crippen LogP contribution in [0, 0.1) is 0 Å². The van der Waals surface area contributed by atoms with E-state index in [2.05, 4.69) is 10.00 Å². The van der Waals surface area contributed by atoms with E-state index in [9.17, 15) is 13.5 Å². The first-order valence-corrected chi connectivity index (χ1v) is 10.0. The fourth-order valence-electron chi connectivity index (χ4n) is 2.83. The van der Waals surface area contributed by atoms with Gasteiger partial charge in [0.1, 0.15) is 11.5 Å². The van der Waals surface area contributed by atoms with Crippen molar-refractivity contribution < 1.29 is 17.9 Å². The SMILES string of the molecule is CC(O)c1cc2n(n1)CCN(Cc1ccc(CN(C)S(C)(=O)=O)o1)C2. The minimum Gasteiger partial charge on any atom is -0.463 e. The number of fused-ring (bicyclic) bond motifs is 1. The monoisotopic (exact) mass is 368 g/mol. The molecular weight excluding hydrogens is 344 g/mol. The average molecular weight is 368 g/mol. The van der Waals surface area contributed by atoms with Crippen LogP contribution in [0.4, 0.5) is 0 Å². The summed E-state index contributed by atoms with van der Waals surface area (Å²) >= 11 is 0. The van der Waals surface area contributed by atoms with Gasteiger partial charge >= 0.3 is 0 Å². The minimum absolute atomic E-state index is 0.226. The zero-order valence-electron chi connectivity index (χ0n) is 14.7. The van der Waals surface area contributed by atoms with Crippen LogP contribution in [-0.2, 0) is 36.2 Å². The fourth-order valence-corrected chi connectivity index (χ4v) is 3.19. The van der Waals surface area contributed by atoms with Gasteiger partial charge in [-0.3, -0.25) is 9.58 Å². The summed E-state index contributed by atoms with van der Waals surface area (Å²) in [5.74, 6) is 1.43. The maximum absolute atomic E-state index is 11.5. The second-order valence-electron chi connectivity index (χ2n) is 6.56. The van der Waals surface area contributed by atoms with E-state index in [0.717, 1.165) is 31.1 Å². The van der Waals surface area contributed by atoms with Gasteiger partial charge in [0.25, 0.3) is 0 Å². The Morgan fingerprint density at radius 3 is 2.76 bits per heavy atom. The van der Waals surface area contributed by atoms with Crippen molar-refractivity contribution in [3.05, 3.63) is 41.1 Å². The Morgan fingerprint density at radius 1 is 1.36 bits per heavy atom. The maximum Gasteiger partial charge on any atom is 0.211 e. The number of nitrogens with zero attached hydrogens (tertiary/aromatic N) is 4. The first-order valence-electron chi connectivity index (χ1n) is 8.18. The lowest BCUT2D eigenvalue weighted by Gasteiger charge is -2.26. The molecule has 1 unspecified atom stereocenters. The molecule has 2 aromatic rings. The molecule has 2 aromatic heterocycles. The molecule has 0 amide bonds. The predicted octanol–water partition coefficient (Wildman–Crippen LogP) is 0.937. The van der Waals surface area contributed by atoms with Gasteiger partial charge in [-0.1, -0.05) is 0 Å². The Balaban J connectivity index is 1.62. The second kappa shape index (κ2) is 6.91. The molecule has 1 atom stereocenters. The molecule has 0 fully saturated rings. The van der Waals surface area contributed by atoms with Gasteiger partial charge in [0.05, 0.1) is 43.4 Å². The topological polar surface area (TPSA) is 91.8 Å². The standard InChI is InChI=1S/C16H24N4O4S/c1-12(21)16-8-13-9-19(6-7-20(13)17-16)11-15-5-4-14(24-15)10-18(2)25(3,22)23/h4-5,8,12,21H,6-7,9-11H2,1-3H3. The van der Waals surface area contributed by atoms with Crippen molar-refractivity contribution in [3.8, 4) is 0 Å². The summed E-state index contributed by atoms with van der Waals surface area (Å²) in [5.41, 5.74) is 1.77. The van der Waals surface area contributed by atoms with Crippen LogP contribution >= 0.6 is 0 Å². The summed E-state index contributed by atoms with van der Waals surface area (Å²) in [6.45, 7) is 4.93. The first-order chi connectivity index (χ1) is 11.7. The quantitative estimate of drug-likeness (QED) is 0.816. The fraction of sp³-hybridized carbons (Fsp3) is 0.562. The molecule has 8 nitrogen and oxygen atoms in total. The van der Waals surface area contributed by atoms with E-state index in [1.807, 2.05) is 22.9 Å². The van der Waals surface area contributed by atoms with E-state index < -0.39 is 16.1 Å². The van der Waals surface area contributed by atoms with Gasteiger partial charge in [0.2, 0.25) is 10.0 Å². The van der Waals surface area contributed by atoms with Crippen LogP contribution in [0.15, 0.2) is 22.6 Å². The molecule has 0 saturated carbocycles. The molecule has 0 bridgehead atoms. The van der Waals surface area contributed by atoms with E-state index in [1.165, 1.54) is 17.6 Å². The number of hydrogen-bond donors (Lipinski definition) is 1. The van der Waals surface area contributed by atoms with Gasteiger partial charge < -0.3 is 9.52 Å². The van der Waals surface area contributed by atoms with Gasteiger partial charge in [-0.25, -0.2) is 8.42 Å². The highest BCUT2D eigenvalue weighted by atomic mass is 32.2. The third-order valence-electron chi connectivity index (χ3n) is 4.37. The number of aliphatic hydroxyl groups excluding tert-OH is 1. The van der Waals surface area contributed by atoms with Crippen molar-refractivity contribution in [2.45, 2.75) is 39.2 Å². The molecule has 0 aliphatic carbocycles. The average Bonchev–Trinajstić information content (AvgIpc) is 3.12. The van der Waals surface area contributed by atoms with Crippen LogP contribution in [0.1, 0.15) is 35.9 Å². The van der Waals surface area contributed by atoms with Crippen molar-refractivity contribution in [2.75, 3.05) is 19.8 Å². The molecule has 0 spiro atoms. The summed E-state index contributed by atoms with van der Waals surface area (Å²) in [6.07, 6.45) is 0.612. The summed E-state index contributed by atoms with van der Waals surface area (Å²) in [7, 11) is -1.69. The number of hydrogen-bond acceptors (Lipinski definition) is 6. The van der Waals surface area contributed by atoms with Crippen molar-refractivity contribution in [3.63, 3.8) is 0 Å². The molecule has 1 aliphatic heterocycles. The predicted molar refractivity (Wildman–Crippen MR) is 92.0 cm³/mol. The van der Waals surface area contributed by atoms with Crippen LogP contribution in [0.25, 0.3) is 0 Å². The highest BCUT2D eigenvalue weighted by Crippen LogP contribution is 2.20. The Labute approximate surface area is 147 Å². The molecule has 0 aromatic carbocycles. The normalized spacial score (nSPS) is 17.0. The van der Waals surface area contributed by atoms with E-state index in [0.29, 0.717) is 18.0 Å². The van der Waals surface area contributed by atoms with Crippen molar-refractivity contribution in [1.29, 1.82) is 0 Å². The molecule has 1 N–H and O–H groups in total. The lowest BCUT2D eigenvalue weighted by Crippen LogP contribution is -2.33. The summed E-state index contributed by atoms with van der Waals surface area (Å²) in [6, 6.07) is 5.64. The first kappa shape index (κ1) is 18.1. The molecular formula is C16H24N4O4S. The highest BCUT2D eigenvalue weighted by molar-refractivity contribution is 7.88. The molecule has 25 heavy (non-hydrogen) atoms. The number of rotatable bonds is 6. The number of aliphatic hydroxyl groups is 1. The third kappa shape index (κ3) is 4.30. The molecule has 3 heterocycles. The van der Waals surface area contributed by atoms with Crippen LogP contribution in [0.3, 0.4) is 0 Å². The van der Waals surface area contributed by atoms with Crippen molar-refractivity contribution in [1.82, 2.24) is 19.0 Å². The highest BCUT2D eigenvalue weighted by Gasteiger charge is 2.21. The lowest BCUT2D eigenvalue weighted by molar-refractivity contribution is 0.183.